The molecule has 3 heterocycles. The van der Waals surface area contributed by atoms with Gasteiger partial charge in [0.05, 0.1) is 17.9 Å². The van der Waals surface area contributed by atoms with Crippen LogP contribution in [0.15, 0.2) is 35.4 Å². The summed E-state index contributed by atoms with van der Waals surface area (Å²) in [5.41, 5.74) is 2.74. The number of hydrogen-bond acceptors (Lipinski definition) is 7. The van der Waals surface area contributed by atoms with Crippen LogP contribution in [0, 0.1) is 5.41 Å². The molecule has 8 heteroatoms. The van der Waals surface area contributed by atoms with E-state index in [0.717, 1.165) is 24.1 Å². The number of fused-ring (bicyclic) bond motifs is 1. The van der Waals surface area contributed by atoms with E-state index in [2.05, 4.69) is 39.3 Å². The molecule has 0 bridgehead atoms. The van der Waals surface area contributed by atoms with Crippen LogP contribution >= 0.6 is 0 Å². The molecule has 0 fully saturated rings. The van der Waals surface area contributed by atoms with Crippen LogP contribution in [0.2, 0.25) is 0 Å². The lowest BCUT2D eigenvalue weighted by Crippen LogP contribution is -2.37. The summed E-state index contributed by atoms with van der Waals surface area (Å²) in [6.07, 6.45) is 8.25. The summed E-state index contributed by atoms with van der Waals surface area (Å²) in [4.78, 5) is 30.3. The van der Waals surface area contributed by atoms with Crippen molar-refractivity contribution in [3.63, 3.8) is 0 Å². The summed E-state index contributed by atoms with van der Waals surface area (Å²) < 4.78 is 5.26. The fourth-order valence-electron chi connectivity index (χ4n) is 3.61. The molecule has 0 unspecified atom stereocenters. The Kier molecular flexibility index (Phi) is 4.86. The topological polar surface area (TPSA) is 107 Å². The fraction of sp³-hybridized carbons (Fsp3) is 0.429. The summed E-state index contributed by atoms with van der Waals surface area (Å²) in [5, 5.41) is 7.00. The van der Waals surface area contributed by atoms with Crippen LogP contribution in [0.3, 0.4) is 0 Å². The molecule has 0 aliphatic heterocycles. The van der Waals surface area contributed by atoms with Crippen molar-refractivity contribution in [2.24, 2.45) is 5.41 Å². The van der Waals surface area contributed by atoms with Crippen LogP contribution in [0.4, 0.5) is 0 Å². The Balaban J connectivity index is 1.62. The smallest absolute Gasteiger partial charge is 0.273 e. The van der Waals surface area contributed by atoms with Crippen LogP contribution in [0.5, 0.6) is 0 Å². The average Bonchev–Trinajstić information content (AvgIpc) is 3.18. The summed E-state index contributed by atoms with van der Waals surface area (Å²) in [7, 11) is 0. The highest BCUT2D eigenvalue weighted by molar-refractivity contribution is 5.92. The molecule has 0 saturated heterocycles. The van der Waals surface area contributed by atoms with Gasteiger partial charge in [-0.05, 0) is 18.3 Å². The van der Waals surface area contributed by atoms with E-state index >= 15 is 0 Å². The summed E-state index contributed by atoms with van der Waals surface area (Å²) in [5.74, 6) is 1.15. The van der Waals surface area contributed by atoms with Gasteiger partial charge in [-0.1, -0.05) is 32.9 Å². The van der Waals surface area contributed by atoms with Crippen LogP contribution in [-0.2, 0) is 6.42 Å². The molecule has 0 aromatic carbocycles. The van der Waals surface area contributed by atoms with Gasteiger partial charge >= 0.3 is 0 Å². The lowest BCUT2D eigenvalue weighted by Gasteiger charge is -2.36. The number of rotatable bonds is 4. The summed E-state index contributed by atoms with van der Waals surface area (Å²) >= 11 is 0. The highest BCUT2D eigenvalue weighted by Gasteiger charge is 2.35. The molecule has 1 atom stereocenters. The quantitative estimate of drug-likeness (QED) is 0.724. The molecule has 4 rings (SSSR count). The monoisotopic (exact) mass is 392 g/mol. The van der Waals surface area contributed by atoms with Gasteiger partial charge in [0, 0.05) is 36.1 Å². The zero-order valence-corrected chi connectivity index (χ0v) is 17.0. The van der Waals surface area contributed by atoms with Gasteiger partial charge in [0.2, 0.25) is 0 Å². The average molecular weight is 392 g/mol. The minimum atomic E-state index is -0.257. The molecule has 1 aliphatic carbocycles. The van der Waals surface area contributed by atoms with Gasteiger partial charge in [0.1, 0.15) is 11.5 Å². The van der Waals surface area contributed by atoms with Crippen molar-refractivity contribution in [1.29, 1.82) is 0 Å². The molecule has 150 valence electrons. The number of hydrogen-bond donors (Lipinski definition) is 1. The van der Waals surface area contributed by atoms with Crippen LogP contribution < -0.4 is 5.32 Å². The van der Waals surface area contributed by atoms with Crippen molar-refractivity contribution in [3.05, 3.63) is 53.6 Å². The third-order valence-electron chi connectivity index (χ3n) is 5.11. The lowest BCUT2D eigenvalue weighted by molar-refractivity contribution is 0.0909. The van der Waals surface area contributed by atoms with Gasteiger partial charge in [-0.25, -0.2) is 15.0 Å². The minimum Gasteiger partial charge on any atom is -0.360 e. The fourth-order valence-corrected chi connectivity index (χ4v) is 3.61. The van der Waals surface area contributed by atoms with Crippen molar-refractivity contribution < 1.29 is 9.32 Å². The second-order valence-corrected chi connectivity index (χ2v) is 8.53. The highest BCUT2D eigenvalue weighted by Crippen LogP contribution is 2.40. The van der Waals surface area contributed by atoms with Gasteiger partial charge < -0.3 is 9.84 Å². The van der Waals surface area contributed by atoms with Gasteiger partial charge in [0.25, 0.3) is 5.91 Å². The first kappa shape index (κ1) is 19.2. The molecule has 3 aromatic heterocycles. The maximum atomic E-state index is 12.8. The van der Waals surface area contributed by atoms with Gasteiger partial charge in [-0.2, -0.15) is 0 Å². The zero-order chi connectivity index (χ0) is 20.6. The molecule has 1 aliphatic rings. The first-order valence-corrected chi connectivity index (χ1v) is 9.72. The maximum absolute atomic E-state index is 12.8. The molecule has 8 nitrogen and oxygen atoms in total. The van der Waals surface area contributed by atoms with E-state index in [-0.39, 0.29) is 29.0 Å². The third-order valence-corrected chi connectivity index (χ3v) is 5.11. The minimum absolute atomic E-state index is 0.0220. The molecule has 1 N–H and O–H groups in total. The maximum Gasteiger partial charge on any atom is 0.273 e. The standard InChI is InChI=1S/C21H24N6O2/c1-12(2)18-7-14(27-29-18)20(28)26-16-9-21(3,4)8-15-13(16)10-24-19(25-15)17-11-22-5-6-23-17/h5-7,10-12,16H,8-9H2,1-4H3,(H,26,28)/t16-/m0/s1. The normalized spacial score (nSPS) is 17.8. The number of carbonyl (C=O) groups excluding carboxylic acids is 1. The first-order valence-electron chi connectivity index (χ1n) is 9.72. The van der Waals surface area contributed by atoms with Crippen LogP contribution in [0.1, 0.15) is 73.6 Å². The second kappa shape index (κ2) is 7.35. The summed E-state index contributed by atoms with van der Waals surface area (Å²) in [6, 6.07) is 1.50. The highest BCUT2D eigenvalue weighted by atomic mass is 16.5. The first-order chi connectivity index (χ1) is 13.8. The predicted molar refractivity (Wildman–Crippen MR) is 106 cm³/mol. The van der Waals surface area contributed by atoms with Crippen molar-refractivity contribution in [1.82, 2.24) is 30.4 Å². The van der Waals surface area contributed by atoms with Crippen molar-refractivity contribution in [3.8, 4) is 11.5 Å². The summed E-state index contributed by atoms with van der Waals surface area (Å²) in [6.45, 7) is 8.33. The Labute approximate surface area is 169 Å². The van der Waals surface area contributed by atoms with E-state index in [4.69, 9.17) is 9.51 Å². The molecule has 0 saturated carbocycles. The molecule has 29 heavy (non-hydrogen) atoms. The Morgan fingerprint density at radius 1 is 1.24 bits per heavy atom. The third kappa shape index (κ3) is 4.01. The van der Waals surface area contributed by atoms with E-state index in [1.165, 1.54) is 0 Å². The number of carbonyl (C=O) groups is 1. The van der Waals surface area contributed by atoms with Gasteiger partial charge in [-0.15, -0.1) is 0 Å². The van der Waals surface area contributed by atoms with E-state index in [1.54, 1.807) is 30.9 Å². The number of aromatic nitrogens is 5. The number of nitrogens with zero attached hydrogens (tertiary/aromatic N) is 5. The molecule has 0 radical (unpaired) electrons. The van der Waals surface area contributed by atoms with Gasteiger partial charge in [0.15, 0.2) is 11.5 Å². The number of nitrogens with one attached hydrogen (secondary N) is 1. The lowest BCUT2D eigenvalue weighted by atomic mass is 9.74. The Morgan fingerprint density at radius 3 is 2.76 bits per heavy atom. The predicted octanol–water partition coefficient (Wildman–Crippen LogP) is 3.49. The molecular formula is C21H24N6O2. The SMILES string of the molecule is CC(C)c1cc(C(=O)N[C@H]2CC(C)(C)Cc3nc(-c4cnccn4)ncc32)no1. The second-order valence-electron chi connectivity index (χ2n) is 8.53. The van der Waals surface area contributed by atoms with Crippen molar-refractivity contribution in [2.75, 3.05) is 0 Å². The molecular weight excluding hydrogens is 368 g/mol. The van der Waals surface area contributed by atoms with E-state index < -0.39 is 0 Å². The van der Waals surface area contributed by atoms with Crippen molar-refractivity contribution in [2.45, 2.75) is 52.5 Å². The van der Waals surface area contributed by atoms with E-state index in [9.17, 15) is 4.79 Å². The molecule has 0 spiro atoms. The largest absolute Gasteiger partial charge is 0.360 e. The van der Waals surface area contributed by atoms with Crippen LogP contribution in [0.25, 0.3) is 11.5 Å². The van der Waals surface area contributed by atoms with Crippen molar-refractivity contribution >= 4 is 5.91 Å². The van der Waals surface area contributed by atoms with Crippen LogP contribution in [-0.4, -0.2) is 31.0 Å². The van der Waals surface area contributed by atoms with E-state index in [0.29, 0.717) is 17.3 Å². The Bertz CT molecular complexity index is 1030. The Hall–Kier alpha value is -3.16. The van der Waals surface area contributed by atoms with Gasteiger partial charge in [-0.3, -0.25) is 9.78 Å². The molecule has 3 aromatic rings. The zero-order valence-electron chi connectivity index (χ0n) is 17.0. The number of amides is 1. The van der Waals surface area contributed by atoms with E-state index in [1.807, 2.05) is 13.8 Å². The Morgan fingerprint density at radius 2 is 2.07 bits per heavy atom. The molecule has 1 amide bonds.